The zero-order valence-corrected chi connectivity index (χ0v) is 19.6. The van der Waals surface area contributed by atoms with Gasteiger partial charge in [0.1, 0.15) is 5.56 Å². The van der Waals surface area contributed by atoms with Crippen LogP contribution in [0.5, 0.6) is 0 Å². The number of carboxylic acid groups (broad SMARTS) is 1. The number of pyridine rings is 1. The van der Waals surface area contributed by atoms with Gasteiger partial charge in [0, 0.05) is 30.3 Å². The van der Waals surface area contributed by atoms with E-state index < -0.39 is 11.4 Å². The summed E-state index contributed by atoms with van der Waals surface area (Å²) < 4.78 is 1.63. The number of carbonyl (C=O) groups is 1. The Hall–Kier alpha value is -4.04. The number of nitrogens with zero attached hydrogens (tertiary/aromatic N) is 4. The first kappa shape index (κ1) is 22.7. The normalized spacial score (nSPS) is 13.5. The second-order valence-electron chi connectivity index (χ2n) is 8.77. The van der Waals surface area contributed by atoms with E-state index in [0.717, 1.165) is 30.6 Å². The van der Waals surface area contributed by atoms with Crippen LogP contribution in [0, 0.1) is 0 Å². The number of benzene rings is 2. The summed E-state index contributed by atoms with van der Waals surface area (Å²) in [7, 11) is 0. The molecule has 0 amide bonds. The van der Waals surface area contributed by atoms with Crippen LogP contribution < -0.4 is 10.7 Å². The number of aryl methyl sites for hydroxylation is 1. The maximum Gasteiger partial charge on any atom is 0.341 e. The number of hydrogen-bond donors (Lipinski definition) is 2. The topological polar surface area (TPSA) is 100 Å². The van der Waals surface area contributed by atoms with Crippen LogP contribution in [0.2, 0.25) is 0 Å². The van der Waals surface area contributed by atoms with E-state index in [1.807, 2.05) is 36.4 Å². The van der Waals surface area contributed by atoms with E-state index in [4.69, 9.17) is 0 Å². The molecular weight excluding hydrogens is 442 g/mol. The van der Waals surface area contributed by atoms with Crippen molar-refractivity contribution in [3.05, 3.63) is 87.8 Å². The molecule has 1 fully saturated rings. The Morgan fingerprint density at radius 3 is 2.40 bits per heavy atom. The SMILES string of the molecule is CCc1ccc(-n2cc(C(=O)O)c(=O)c3cnc(Nc4ccc(CCN5CCC5)cc4)nc32)cc1. The Labute approximate surface area is 202 Å². The number of hydrogen-bond acceptors (Lipinski definition) is 6. The van der Waals surface area contributed by atoms with Crippen LogP contribution in [0.25, 0.3) is 16.7 Å². The molecule has 1 aliphatic rings. The molecule has 3 heterocycles. The highest BCUT2D eigenvalue weighted by molar-refractivity contribution is 5.92. The third-order valence-electron chi connectivity index (χ3n) is 6.47. The molecule has 0 unspecified atom stereocenters. The molecule has 35 heavy (non-hydrogen) atoms. The Morgan fingerprint density at radius 2 is 1.77 bits per heavy atom. The van der Waals surface area contributed by atoms with Crippen LogP contribution >= 0.6 is 0 Å². The molecule has 1 saturated heterocycles. The largest absolute Gasteiger partial charge is 0.477 e. The average molecular weight is 470 g/mol. The lowest BCUT2D eigenvalue weighted by atomic mass is 10.1. The van der Waals surface area contributed by atoms with Gasteiger partial charge in [0.2, 0.25) is 11.4 Å². The Bertz CT molecular complexity index is 1420. The molecule has 5 rings (SSSR count). The zero-order chi connectivity index (χ0) is 24.4. The van der Waals surface area contributed by atoms with E-state index in [-0.39, 0.29) is 10.9 Å². The molecule has 2 N–H and O–H groups in total. The molecule has 8 heteroatoms. The maximum atomic E-state index is 12.8. The molecule has 0 radical (unpaired) electrons. The van der Waals surface area contributed by atoms with Crippen molar-refractivity contribution in [3.8, 4) is 5.69 Å². The van der Waals surface area contributed by atoms with Gasteiger partial charge in [-0.05, 0) is 67.7 Å². The van der Waals surface area contributed by atoms with Crippen LogP contribution in [-0.2, 0) is 12.8 Å². The van der Waals surface area contributed by atoms with Crippen molar-refractivity contribution in [2.45, 2.75) is 26.2 Å². The number of aromatic nitrogens is 3. The molecule has 0 aliphatic carbocycles. The van der Waals surface area contributed by atoms with Crippen molar-refractivity contribution in [3.63, 3.8) is 0 Å². The molecule has 2 aromatic carbocycles. The summed E-state index contributed by atoms with van der Waals surface area (Å²) in [5, 5.41) is 12.9. The summed E-state index contributed by atoms with van der Waals surface area (Å²) in [6.07, 6.45) is 5.92. The first-order valence-corrected chi connectivity index (χ1v) is 11.8. The number of nitrogens with one attached hydrogen (secondary N) is 1. The number of fused-ring (bicyclic) bond motifs is 1. The van der Waals surface area contributed by atoms with Gasteiger partial charge in [-0.1, -0.05) is 31.2 Å². The van der Waals surface area contributed by atoms with Gasteiger partial charge in [0.25, 0.3) is 0 Å². The van der Waals surface area contributed by atoms with Crippen molar-refractivity contribution in [2.75, 3.05) is 25.0 Å². The maximum absolute atomic E-state index is 12.8. The highest BCUT2D eigenvalue weighted by Crippen LogP contribution is 2.20. The highest BCUT2D eigenvalue weighted by atomic mass is 16.4. The van der Waals surface area contributed by atoms with Crippen molar-refractivity contribution in [1.29, 1.82) is 0 Å². The molecule has 0 saturated carbocycles. The molecule has 0 bridgehead atoms. The monoisotopic (exact) mass is 469 g/mol. The van der Waals surface area contributed by atoms with Crippen molar-refractivity contribution < 1.29 is 9.90 Å². The summed E-state index contributed by atoms with van der Waals surface area (Å²) in [4.78, 5) is 35.8. The fourth-order valence-electron chi connectivity index (χ4n) is 4.19. The molecule has 1 aliphatic heterocycles. The molecule has 4 aromatic rings. The Balaban J connectivity index is 1.47. The van der Waals surface area contributed by atoms with E-state index in [0.29, 0.717) is 17.3 Å². The van der Waals surface area contributed by atoms with Gasteiger partial charge in [-0.25, -0.2) is 9.78 Å². The lowest BCUT2D eigenvalue weighted by Crippen LogP contribution is -2.38. The van der Waals surface area contributed by atoms with Crippen molar-refractivity contribution in [2.24, 2.45) is 0 Å². The minimum atomic E-state index is -1.28. The predicted octanol–water partition coefficient (Wildman–Crippen LogP) is 4.03. The Morgan fingerprint density at radius 1 is 1.06 bits per heavy atom. The quantitative estimate of drug-likeness (QED) is 0.402. The van der Waals surface area contributed by atoms with E-state index in [1.165, 1.54) is 37.5 Å². The van der Waals surface area contributed by atoms with E-state index in [1.54, 1.807) is 4.57 Å². The summed E-state index contributed by atoms with van der Waals surface area (Å²) >= 11 is 0. The van der Waals surface area contributed by atoms with Crippen LogP contribution in [0.15, 0.2) is 65.7 Å². The highest BCUT2D eigenvalue weighted by Gasteiger charge is 2.18. The second-order valence-corrected chi connectivity index (χ2v) is 8.77. The minimum Gasteiger partial charge on any atom is -0.477 e. The smallest absolute Gasteiger partial charge is 0.341 e. The summed E-state index contributed by atoms with van der Waals surface area (Å²) in [5.41, 5.74) is 3.39. The third kappa shape index (κ3) is 4.79. The lowest BCUT2D eigenvalue weighted by Gasteiger charge is -2.30. The third-order valence-corrected chi connectivity index (χ3v) is 6.47. The van der Waals surface area contributed by atoms with Gasteiger partial charge >= 0.3 is 5.97 Å². The van der Waals surface area contributed by atoms with Crippen LogP contribution in [0.4, 0.5) is 11.6 Å². The van der Waals surface area contributed by atoms with Gasteiger partial charge in [0.15, 0.2) is 5.65 Å². The molecular formula is C27H27N5O3. The van der Waals surface area contributed by atoms with E-state index in [9.17, 15) is 14.7 Å². The molecule has 8 nitrogen and oxygen atoms in total. The minimum absolute atomic E-state index is 0.149. The second kappa shape index (κ2) is 9.68. The average Bonchev–Trinajstić information content (AvgIpc) is 2.84. The number of rotatable bonds is 8. The summed E-state index contributed by atoms with van der Waals surface area (Å²) in [6.45, 7) is 5.54. The van der Waals surface area contributed by atoms with Crippen molar-refractivity contribution in [1.82, 2.24) is 19.4 Å². The van der Waals surface area contributed by atoms with Gasteiger partial charge in [0.05, 0.1) is 5.39 Å². The number of carboxylic acids is 1. The first-order valence-electron chi connectivity index (χ1n) is 11.8. The van der Waals surface area contributed by atoms with Gasteiger partial charge in [-0.3, -0.25) is 4.79 Å². The van der Waals surface area contributed by atoms with Gasteiger partial charge in [-0.2, -0.15) is 4.98 Å². The van der Waals surface area contributed by atoms with E-state index in [2.05, 4.69) is 39.2 Å². The molecule has 2 aromatic heterocycles. The molecule has 178 valence electrons. The fourth-order valence-corrected chi connectivity index (χ4v) is 4.19. The molecule has 0 atom stereocenters. The zero-order valence-electron chi connectivity index (χ0n) is 19.6. The van der Waals surface area contributed by atoms with Crippen LogP contribution in [0.3, 0.4) is 0 Å². The Kier molecular flexibility index (Phi) is 6.29. The number of anilines is 2. The summed E-state index contributed by atoms with van der Waals surface area (Å²) in [5.74, 6) is -0.959. The van der Waals surface area contributed by atoms with Crippen molar-refractivity contribution >= 4 is 28.6 Å². The fraction of sp³-hybridized carbons (Fsp3) is 0.259. The standard InChI is InChI=1S/C27H27N5O3/c1-2-18-6-10-21(11-7-18)32-17-23(26(34)35)24(33)22-16-28-27(30-25(22)32)29-20-8-4-19(5-9-20)12-15-31-13-3-14-31/h4-11,16-17H,2-3,12-15H2,1H3,(H,34,35)(H,28,29,30). The van der Waals surface area contributed by atoms with Gasteiger partial charge in [-0.15, -0.1) is 0 Å². The summed E-state index contributed by atoms with van der Waals surface area (Å²) in [6, 6.07) is 15.9. The lowest BCUT2D eigenvalue weighted by molar-refractivity contribution is 0.0695. The molecule has 0 spiro atoms. The number of aromatic carboxylic acids is 1. The van der Waals surface area contributed by atoms with E-state index >= 15 is 0 Å². The van der Waals surface area contributed by atoms with Crippen LogP contribution in [-0.4, -0.2) is 50.1 Å². The predicted molar refractivity (Wildman–Crippen MR) is 136 cm³/mol. The number of likely N-dealkylation sites (tertiary alicyclic amines) is 1. The van der Waals surface area contributed by atoms with Crippen LogP contribution in [0.1, 0.15) is 34.8 Å². The van der Waals surface area contributed by atoms with Gasteiger partial charge < -0.3 is 19.9 Å². The first-order chi connectivity index (χ1) is 17.0.